The minimum absolute atomic E-state index is 0.00970. The number of ether oxygens (including phenoxy) is 1. The molecule has 3 nitrogen and oxygen atoms in total. The third kappa shape index (κ3) is 2.42. The Morgan fingerprint density at radius 2 is 2.35 bits per heavy atom. The number of nitrogens with one attached hydrogen (secondary N) is 1. The standard InChI is InChI=1S/C13H18FNO2/c1-9-13(16,5-6-15-9)8-10-7-11(14)3-4-12(10)17-2/h3-4,7,9,15-16H,5-6,8H2,1-2H3. The van der Waals surface area contributed by atoms with Crippen LogP contribution in [-0.2, 0) is 6.42 Å². The van der Waals surface area contributed by atoms with Crippen molar-refractivity contribution in [1.29, 1.82) is 0 Å². The van der Waals surface area contributed by atoms with Gasteiger partial charge >= 0.3 is 0 Å². The highest BCUT2D eigenvalue weighted by molar-refractivity contribution is 5.35. The van der Waals surface area contributed by atoms with E-state index in [1.54, 1.807) is 13.2 Å². The Morgan fingerprint density at radius 1 is 1.59 bits per heavy atom. The molecule has 94 valence electrons. The van der Waals surface area contributed by atoms with Crippen LogP contribution in [0.3, 0.4) is 0 Å². The van der Waals surface area contributed by atoms with Gasteiger partial charge in [0.1, 0.15) is 11.6 Å². The molecule has 1 aliphatic rings. The topological polar surface area (TPSA) is 41.5 Å². The van der Waals surface area contributed by atoms with Crippen LogP contribution in [0.25, 0.3) is 0 Å². The van der Waals surface area contributed by atoms with Gasteiger partial charge in [-0.25, -0.2) is 4.39 Å². The maximum Gasteiger partial charge on any atom is 0.123 e. The first-order chi connectivity index (χ1) is 8.05. The number of rotatable bonds is 3. The molecule has 4 heteroatoms. The van der Waals surface area contributed by atoms with Gasteiger partial charge in [-0.15, -0.1) is 0 Å². The molecule has 2 N–H and O–H groups in total. The average molecular weight is 239 g/mol. The Balaban J connectivity index is 2.25. The number of benzene rings is 1. The molecular weight excluding hydrogens is 221 g/mol. The summed E-state index contributed by atoms with van der Waals surface area (Å²) in [5, 5.41) is 13.7. The molecule has 1 fully saturated rings. The van der Waals surface area contributed by atoms with Crippen molar-refractivity contribution in [2.75, 3.05) is 13.7 Å². The number of aliphatic hydroxyl groups is 1. The number of halogens is 1. The van der Waals surface area contributed by atoms with Crippen LogP contribution >= 0.6 is 0 Å². The summed E-state index contributed by atoms with van der Waals surface area (Å²) in [6.07, 6.45) is 1.08. The molecule has 1 aromatic carbocycles. The van der Waals surface area contributed by atoms with E-state index in [0.717, 1.165) is 6.54 Å². The lowest BCUT2D eigenvalue weighted by atomic mass is 9.88. The van der Waals surface area contributed by atoms with E-state index in [-0.39, 0.29) is 11.9 Å². The van der Waals surface area contributed by atoms with E-state index in [9.17, 15) is 9.50 Å². The molecular formula is C13H18FNO2. The quantitative estimate of drug-likeness (QED) is 0.839. The molecule has 0 bridgehead atoms. The highest BCUT2D eigenvalue weighted by Gasteiger charge is 2.38. The molecule has 2 unspecified atom stereocenters. The summed E-state index contributed by atoms with van der Waals surface area (Å²) in [6, 6.07) is 4.40. The molecule has 1 saturated heterocycles. The second-order valence-electron chi connectivity index (χ2n) is 4.66. The lowest BCUT2D eigenvalue weighted by Crippen LogP contribution is -2.42. The highest BCUT2D eigenvalue weighted by Crippen LogP contribution is 2.30. The maximum atomic E-state index is 13.2. The fraction of sp³-hybridized carbons (Fsp3) is 0.538. The van der Waals surface area contributed by atoms with Crippen molar-refractivity contribution in [3.8, 4) is 5.75 Å². The summed E-state index contributed by atoms with van der Waals surface area (Å²) in [5.74, 6) is 0.321. The molecule has 0 radical (unpaired) electrons. The minimum atomic E-state index is -0.818. The summed E-state index contributed by atoms with van der Waals surface area (Å²) >= 11 is 0. The van der Waals surface area contributed by atoms with Gasteiger partial charge in [-0.05, 0) is 43.7 Å². The molecule has 2 atom stereocenters. The Bertz CT molecular complexity index is 410. The summed E-state index contributed by atoms with van der Waals surface area (Å²) < 4.78 is 18.4. The van der Waals surface area contributed by atoms with E-state index in [2.05, 4.69) is 5.32 Å². The van der Waals surface area contributed by atoms with Gasteiger partial charge in [-0.3, -0.25) is 0 Å². The zero-order chi connectivity index (χ0) is 12.5. The van der Waals surface area contributed by atoms with Gasteiger partial charge in [0.15, 0.2) is 0 Å². The zero-order valence-electron chi connectivity index (χ0n) is 10.2. The Hall–Kier alpha value is -1.13. The number of hydrogen-bond acceptors (Lipinski definition) is 3. The van der Waals surface area contributed by atoms with Crippen molar-refractivity contribution in [3.63, 3.8) is 0 Å². The van der Waals surface area contributed by atoms with Gasteiger partial charge in [-0.1, -0.05) is 0 Å². The van der Waals surface area contributed by atoms with E-state index in [1.807, 2.05) is 6.92 Å². The molecule has 0 amide bonds. The van der Waals surface area contributed by atoms with Crippen LogP contribution in [0.4, 0.5) is 4.39 Å². The second-order valence-corrected chi connectivity index (χ2v) is 4.66. The maximum absolute atomic E-state index is 13.2. The van der Waals surface area contributed by atoms with Crippen molar-refractivity contribution in [1.82, 2.24) is 5.32 Å². The molecule has 17 heavy (non-hydrogen) atoms. The average Bonchev–Trinajstić information content (AvgIpc) is 2.59. The number of methoxy groups -OCH3 is 1. The van der Waals surface area contributed by atoms with E-state index < -0.39 is 5.60 Å². The van der Waals surface area contributed by atoms with Gasteiger partial charge in [0, 0.05) is 12.5 Å². The predicted molar refractivity (Wildman–Crippen MR) is 63.7 cm³/mol. The van der Waals surface area contributed by atoms with Gasteiger partial charge in [0.25, 0.3) is 0 Å². The van der Waals surface area contributed by atoms with Gasteiger partial charge in [0.2, 0.25) is 0 Å². The molecule has 0 aliphatic carbocycles. The van der Waals surface area contributed by atoms with Gasteiger partial charge < -0.3 is 15.2 Å². The fourth-order valence-electron chi connectivity index (χ4n) is 2.37. The van der Waals surface area contributed by atoms with Crippen molar-refractivity contribution >= 4 is 0 Å². The Kier molecular flexibility index (Phi) is 3.35. The molecule has 0 spiro atoms. The van der Waals surface area contributed by atoms with Gasteiger partial charge in [-0.2, -0.15) is 0 Å². The van der Waals surface area contributed by atoms with E-state index >= 15 is 0 Å². The molecule has 0 aromatic heterocycles. The lowest BCUT2D eigenvalue weighted by Gasteiger charge is -2.27. The third-order valence-corrected chi connectivity index (χ3v) is 3.55. The Labute approximate surface area is 101 Å². The zero-order valence-corrected chi connectivity index (χ0v) is 10.2. The van der Waals surface area contributed by atoms with Crippen molar-refractivity contribution in [2.24, 2.45) is 0 Å². The van der Waals surface area contributed by atoms with E-state index in [0.29, 0.717) is 24.2 Å². The molecule has 1 heterocycles. The summed E-state index contributed by atoms with van der Waals surface area (Å²) in [7, 11) is 1.55. The van der Waals surface area contributed by atoms with Crippen LogP contribution in [0.15, 0.2) is 18.2 Å². The molecule has 1 aromatic rings. The van der Waals surface area contributed by atoms with Crippen LogP contribution in [-0.4, -0.2) is 30.4 Å². The van der Waals surface area contributed by atoms with Crippen LogP contribution in [0.5, 0.6) is 5.75 Å². The minimum Gasteiger partial charge on any atom is -0.496 e. The first-order valence-corrected chi connectivity index (χ1v) is 5.83. The molecule has 0 saturated carbocycles. The SMILES string of the molecule is COc1ccc(F)cc1CC1(O)CCNC1C. The van der Waals surface area contributed by atoms with Crippen LogP contribution in [0.1, 0.15) is 18.9 Å². The summed E-state index contributed by atoms with van der Waals surface area (Å²) in [6.45, 7) is 2.73. The molecule has 2 rings (SSSR count). The van der Waals surface area contributed by atoms with Crippen LogP contribution < -0.4 is 10.1 Å². The summed E-state index contributed by atoms with van der Waals surface area (Å²) in [5.41, 5.74) is -0.105. The fourth-order valence-corrected chi connectivity index (χ4v) is 2.37. The first-order valence-electron chi connectivity index (χ1n) is 5.83. The van der Waals surface area contributed by atoms with Gasteiger partial charge in [0.05, 0.1) is 12.7 Å². The smallest absolute Gasteiger partial charge is 0.123 e. The predicted octanol–water partition coefficient (Wildman–Crippen LogP) is 1.49. The third-order valence-electron chi connectivity index (χ3n) is 3.55. The van der Waals surface area contributed by atoms with E-state index in [1.165, 1.54) is 12.1 Å². The van der Waals surface area contributed by atoms with Crippen LogP contribution in [0.2, 0.25) is 0 Å². The first kappa shape index (κ1) is 12.3. The van der Waals surface area contributed by atoms with Crippen LogP contribution in [0, 0.1) is 5.82 Å². The Morgan fingerprint density at radius 3 is 2.94 bits per heavy atom. The molecule has 1 aliphatic heterocycles. The van der Waals surface area contributed by atoms with Crippen molar-refractivity contribution < 1.29 is 14.2 Å². The van der Waals surface area contributed by atoms with Crippen molar-refractivity contribution in [2.45, 2.75) is 31.4 Å². The van der Waals surface area contributed by atoms with E-state index in [4.69, 9.17) is 4.74 Å². The second kappa shape index (κ2) is 4.63. The summed E-state index contributed by atoms with van der Waals surface area (Å²) in [4.78, 5) is 0. The largest absolute Gasteiger partial charge is 0.496 e. The normalized spacial score (nSPS) is 28.4. The highest BCUT2D eigenvalue weighted by atomic mass is 19.1. The number of hydrogen-bond donors (Lipinski definition) is 2. The van der Waals surface area contributed by atoms with Crippen molar-refractivity contribution in [3.05, 3.63) is 29.6 Å². The lowest BCUT2D eigenvalue weighted by molar-refractivity contribution is 0.0329. The monoisotopic (exact) mass is 239 g/mol.